The number of rotatable bonds is 1. The van der Waals surface area contributed by atoms with Gasteiger partial charge in [0.1, 0.15) is 5.82 Å². The van der Waals surface area contributed by atoms with Gasteiger partial charge in [-0.15, -0.1) is 0 Å². The molecule has 1 aromatic carbocycles. The highest BCUT2D eigenvalue weighted by molar-refractivity contribution is 5.27. The standard InChI is InChI=1S/C13H16FN/c14-11-5-3-10(4-6-11)13-8-1-2-12(15-13)7-9-13/h3-6,12,15H,1-2,7-9H2. The van der Waals surface area contributed by atoms with Crippen LogP contribution in [-0.4, -0.2) is 6.04 Å². The number of hydrogen-bond donors (Lipinski definition) is 1. The van der Waals surface area contributed by atoms with Crippen molar-refractivity contribution in [1.82, 2.24) is 5.32 Å². The Hall–Kier alpha value is -0.890. The first-order chi connectivity index (χ1) is 7.28. The Bertz CT molecular complexity index is 355. The summed E-state index contributed by atoms with van der Waals surface area (Å²) in [5.41, 5.74) is 1.43. The van der Waals surface area contributed by atoms with Crippen LogP contribution in [0.2, 0.25) is 0 Å². The van der Waals surface area contributed by atoms with Crippen LogP contribution in [0.3, 0.4) is 0 Å². The Balaban J connectivity index is 1.95. The Morgan fingerprint density at radius 3 is 2.73 bits per heavy atom. The van der Waals surface area contributed by atoms with Crippen molar-refractivity contribution in [2.75, 3.05) is 0 Å². The molecule has 0 amide bonds. The lowest BCUT2D eigenvalue weighted by atomic mass is 9.83. The largest absolute Gasteiger partial charge is 0.305 e. The van der Waals surface area contributed by atoms with Gasteiger partial charge in [-0.25, -0.2) is 4.39 Å². The van der Waals surface area contributed by atoms with Crippen LogP contribution in [0.5, 0.6) is 0 Å². The van der Waals surface area contributed by atoms with Gasteiger partial charge in [-0.05, 0) is 49.8 Å². The van der Waals surface area contributed by atoms with Crippen molar-refractivity contribution in [2.45, 2.75) is 43.7 Å². The summed E-state index contributed by atoms with van der Waals surface area (Å²) in [7, 11) is 0. The summed E-state index contributed by atoms with van der Waals surface area (Å²) in [6.45, 7) is 0. The van der Waals surface area contributed by atoms with E-state index in [2.05, 4.69) is 5.32 Å². The van der Waals surface area contributed by atoms with E-state index in [4.69, 9.17) is 0 Å². The molecule has 2 heteroatoms. The minimum absolute atomic E-state index is 0.138. The van der Waals surface area contributed by atoms with E-state index in [1.807, 2.05) is 12.1 Å². The van der Waals surface area contributed by atoms with Gasteiger partial charge in [0.05, 0.1) is 0 Å². The van der Waals surface area contributed by atoms with Crippen LogP contribution in [0.4, 0.5) is 4.39 Å². The van der Waals surface area contributed by atoms with Crippen LogP contribution in [-0.2, 0) is 5.54 Å². The molecular formula is C13H16FN. The van der Waals surface area contributed by atoms with E-state index in [0.29, 0.717) is 6.04 Å². The van der Waals surface area contributed by atoms with E-state index >= 15 is 0 Å². The highest BCUT2D eigenvalue weighted by atomic mass is 19.1. The molecule has 0 radical (unpaired) electrons. The molecule has 2 aliphatic heterocycles. The minimum Gasteiger partial charge on any atom is -0.305 e. The van der Waals surface area contributed by atoms with Crippen molar-refractivity contribution < 1.29 is 4.39 Å². The van der Waals surface area contributed by atoms with Gasteiger partial charge in [0.15, 0.2) is 0 Å². The third kappa shape index (κ3) is 1.48. The van der Waals surface area contributed by atoms with Crippen LogP contribution in [0.25, 0.3) is 0 Å². The zero-order valence-electron chi connectivity index (χ0n) is 8.80. The number of benzene rings is 1. The average molecular weight is 205 g/mol. The van der Waals surface area contributed by atoms with Gasteiger partial charge in [0, 0.05) is 11.6 Å². The smallest absolute Gasteiger partial charge is 0.123 e. The number of piperidine rings is 1. The molecule has 2 aliphatic rings. The molecule has 2 bridgehead atoms. The van der Waals surface area contributed by atoms with Crippen LogP contribution in [0.15, 0.2) is 24.3 Å². The molecule has 0 aliphatic carbocycles. The van der Waals surface area contributed by atoms with E-state index in [1.165, 1.54) is 37.7 Å². The van der Waals surface area contributed by atoms with Gasteiger partial charge in [0.25, 0.3) is 0 Å². The lowest BCUT2D eigenvalue weighted by molar-refractivity contribution is 0.280. The van der Waals surface area contributed by atoms with Gasteiger partial charge in [-0.3, -0.25) is 0 Å². The fourth-order valence-corrected chi connectivity index (χ4v) is 3.16. The first-order valence-corrected chi connectivity index (χ1v) is 5.82. The van der Waals surface area contributed by atoms with Crippen molar-refractivity contribution in [3.05, 3.63) is 35.6 Å². The normalized spacial score (nSPS) is 34.3. The molecule has 0 spiro atoms. The first kappa shape index (κ1) is 9.34. The van der Waals surface area contributed by atoms with E-state index < -0.39 is 0 Å². The topological polar surface area (TPSA) is 12.0 Å². The summed E-state index contributed by atoms with van der Waals surface area (Å²) < 4.78 is 12.9. The Kier molecular flexibility index (Phi) is 2.06. The molecule has 2 fully saturated rings. The predicted octanol–water partition coefficient (Wildman–Crippen LogP) is 2.96. The quantitative estimate of drug-likeness (QED) is 0.743. The highest BCUT2D eigenvalue weighted by Gasteiger charge is 2.42. The van der Waals surface area contributed by atoms with Gasteiger partial charge >= 0.3 is 0 Å². The van der Waals surface area contributed by atoms with Crippen molar-refractivity contribution in [2.24, 2.45) is 0 Å². The van der Waals surface area contributed by atoms with Crippen molar-refractivity contribution in [1.29, 1.82) is 0 Å². The number of hydrogen-bond acceptors (Lipinski definition) is 1. The second-order valence-corrected chi connectivity index (χ2v) is 4.86. The second kappa shape index (κ2) is 3.31. The zero-order chi connectivity index (χ0) is 10.3. The van der Waals surface area contributed by atoms with Gasteiger partial charge in [-0.1, -0.05) is 12.1 Å². The molecule has 2 unspecified atom stereocenters. The number of fused-ring (bicyclic) bond motifs is 2. The number of nitrogens with one attached hydrogen (secondary N) is 1. The predicted molar refractivity (Wildman–Crippen MR) is 58.1 cm³/mol. The maximum Gasteiger partial charge on any atom is 0.123 e. The summed E-state index contributed by atoms with van der Waals surface area (Å²) in [6, 6.07) is 7.73. The molecule has 80 valence electrons. The highest BCUT2D eigenvalue weighted by Crippen LogP contribution is 2.42. The monoisotopic (exact) mass is 205 g/mol. The summed E-state index contributed by atoms with van der Waals surface area (Å²) >= 11 is 0. The Labute approximate surface area is 89.7 Å². The van der Waals surface area contributed by atoms with Crippen LogP contribution in [0.1, 0.15) is 37.7 Å². The summed E-state index contributed by atoms with van der Waals surface area (Å²) in [4.78, 5) is 0. The van der Waals surface area contributed by atoms with E-state index in [0.717, 1.165) is 0 Å². The van der Waals surface area contributed by atoms with Crippen LogP contribution >= 0.6 is 0 Å². The summed E-state index contributed by atoms with van der Waals surface area (Å²) in [5.74, 6) is -0.138. The molecule has 0 saturated carbocycles. The summed E-state index contributed by atoms with van der Waals surface area (Å²) in [5, 5.41) is 3.72. The molecule has 2 saturated heterocycles. The van der Waals surface area contributed by atoms with E-state index in [9.17, 15) is 4.39 Å². The molecular weight excluding hydrogens is 189 g/mol. The molecule has 1 aromatic rings. The fourth-order valence-electron chi connectivity index (χ4n) is 3.16. The maximum atomic E-state index is 12.9. The van der Waals surface area contributed by atoms with Gasteiger partial charge < -0.3 is 5.32 Å². The Morgan fingerprint density at radius 1 is 1.13 bits per heavy atom. The molecule has 2 heterocycles. The third-order valence-electron chi connectivity index (χ3n) is 3.95. The maximum absolute atomic E-state index is 12.9. The van der Waals surface area contributed by atoms with E-state index in [-0.39, 0.29) is 11.4 Å². The van der Waals surface area contributed by atoms with Crippen molar-refractivity contribution in [3.63, 3.8) is 0 Å². The molecule has 3 rings (SSSR count). The van der Waals surface area contributed by atoms with Crippen molar-refractivity contribution >= 4 is 0 Å². The lowest BCUT2D eigenvalue weighted by Gasteiger charge is -2.35. The minimum atomic E-state index is -0.138. The Morgan fingerprint density at radius 2 is 1.93 bits per heavy atom. The lowest BCUT2D eigenvalue weighted by Crippen LogP contribution is -2.43. The molecule has 2 atom stereocenters. The zero-order valence-corrected chi connectivity index (χ0v) is 8.80. The fraction of sp³-hybridized carbons (Fsp3) is 0.538. The summed E-state index contributed by atoms with van der Waals surface area (Å²) in [6.07, 6.45) is 6.30. The SMILES string of the molecule is Fc1ccc(C23CCCC(CC2)N3)cc1. The second-order valence-electron chi connectivity index (χ2n) is 4.86. The van der Waals surface area contributed by atoms with Gasteiger partial charge in [-0.2, -0.15) is 0 Å². The molecule has 1 N–H and O–H groups in total. The van der Waals surface area contributed by atoms with E-state index in [1.54, 1.807) is 12.1 Å². The van der Waals surface area contributed by atoms with Crippen LogP contribution in [0, 0.1) is 5.82 Å². The molecule has 0 aromatic heterocycles. The molecule has 1 nitrogen and oxygen atoms in total. The van der Waals surface area contributed by atoms with Crippen LogP contribution < -0.4 is 5.32 Å². The first-order valence-electron chi connectivity index (χ1n) is 5.82. The average Bonchev–Trinajstić information content (AvgIpc) is 2.56. The number of halogens is 1. The molecule has 15 heavy (non-hydrogen) atoms. The van der Waals surface area contributed by atoms with Crippen molar-refractivity contribution in [3.8, 4) is 0 Å². The van der Waals surface area contributed by atoms with Gasteiger partial charge in [0.2, 0.25) is 0 Å². The third-order valence-corrected chi connectivity index (χ3v) is 3.95.